The van der Waals surface area contributed by atoms with Crippen molar-refractivity contribution < 1.29 is 8.83 Å². The van der Waals surface area contributed by atoms with Crippen LogP contribution in [0.3, 0.4) is 0 Å². The molecule has 0 fully saturated rings. The maximum absolute atomic E-state index is 11.6. The Balaban J connectivity index is 2.47. The van der Waals surface area contributed by atoms with Crippen LogP contribution in [0, 0.1) is 13.8 Å². The lowest BCUT2D eigenvalue weighted by molar-refractivity contribution is 0.536. The maximum Gasteiger partial charge on any atom is 0.336 e. The van der Waals surface area contributed by atoms with Crippen LogP contribution in [0.15, 0.2) is 25.8 Å². The number of rotatable bonds is 3. The molecule has 0 aliphatic carbocycles. The molecular formula is C17H19NO3. The van der Waals surface area contributed by atoms with Crippen LogP contribution in [0.2, 0.25) is 0 Å². The SMILES string of the molecule is CCc1c(CCN)oc2c(C)c3oc(=O)cc(C)c3cc12. The second-order valence-electron chi connectivity index (χ2n) is 5.40. The molecular weight excluding hydrogens is 266 g/mol. The van der Waals surface area contributed by atoms with Gasteiger partial charge in [0.25, 0.3) is 0 Å². The molecule has 0 amide bonds. The summed E-state index contributed by atoms with van der Waals surface area (Å²) >= 11 is 0. The monoisotopic (exact) mass is 285 g/mol. The van der Waals surface area contributed by atoms with Crippen molar-refractivity contribution >= 4 is 21.9 Å². The van der Waals surface area contributed by atoms with Crippen molar-refractivity contribution in [1.29, 1.82) is 0 Å². The van der Waals surface area contributed by atoms with Gasteiger partial charge in [-0.3, -0.25) is 0 Å². The van der Waals surface area contributed by atoms with E-state index in [9.17, 15) is 4.79 Å². The molecule has 4 nitrogen and oxygen atoms in total. The summed E-state index contributed by atoms with van der Waals surface area (Å²) in [4.78, 5) is 11.6. The summed E-state index contributed by atoms with van der Waals surface area (Å²) in [5.74, 6) is 0.938. The Bertz CT molecular complexity index is 887. The van der Waals surface area contributed by atoms with Gasteiger partial charge in [0.05, 0.1) is 0 Å². The van der Waals surface area contributed by atoms with Crippen molar-refractivity contribution in [3.63, 3.8) is 0 Å². The van der Waals surface area contributed by atoms with Gasteiger partial charge in [0.2, 0.25) is 0 Å². The minimum Gasteiger partial charge on any atom is -0.460 e. The number of nitrogens with two attached hydrogens (primary N) is 1. The molecule has 3 rings (SSSR count). The highest BCUT2D eigenvalue weighted by Gasteiger charge is 2.18. The topological polar surface area (TPSA) is 69.4 Å². The van der Waals surface area contributed by atoms with Gasteiger partial charge in [-0.05, 0) is 38.4 Å². The first-order valence-corrected chi connectivity index (χ1v) is 7.25. The van der Waals surface area contributed by atoms with Crippen LogP contribution in [0.5, 0.6) is 0 Å². The molecule has 0 unspecified atom stereocenters. The highest BCUT2D eigenvalue weighted by molar-refractivity contribution is 5.99. The number of furan rings is 1. The standard InChI is InChI=1S/C17H19NO3/c1-4-11-13-8-12-9(2)7-15(19)21-16(12)10(3)17(13)20-14(11)5-6-18/h7-8H,4-6,18H2,1-3H3. The summed E-state index contributed by atoms with van der Waals surface area (Å²) in [6.45, 7) is 6.53. The molecule has 0 spiro atoms. The van der Waals surface area contributed by atoms with E-state index < -0.39 is 0 Å². The molecule has 110 valence electrons. The quantitative estimate of drug-likeness (QED) is 0.750. The fourth-order valence-electron chi connectivity index (χ4n) is 3.00. The molecule has 0 saturated carbocycles. The second kappa shape index (κ2) is 5.04. The number of benzene rings is 1. The van der Waals surface area contributed by atoms with Gasteiger partial charge < -0.3 is 14.6 Å². The molecule has 0 saturated heterocycles. The molecule has 2 heterocycles. The molecule has 0 bridgehead atoms. The first kappa shape index (κ1) is 13.9. The largest absolute Gasteiger partial charge is 0.460 e. The Morgan fingerprint density at radius 3 is 2.48 bits per heavy atom. The van der Waals surface area contributed by atoms with Crippen LogP contribution < -0.4 is 11.4 Å². The van der Waals surface area contributed by atoms with Gasteiger partial charge in [-0.2, -0.15) is 0 Å². The summed E-state index contributed by atoms with van der Waals surface area (Å²) in [5, 5.41) is 2.07. The summed E-state index contributed by atoms with van der Waals surface area (Å²) in [6, 6.07) is 3.60. The van der Waals surface area contributed by atoms with Crippen molar-refractivity contribution in [3.05, 3.63) is 45.0 Å². The first-order chi connectivity index (χ1) is 10.1. The summed E-state index contributed by atoms with van der Waals surface area (Å²) < 4.78 is 11.4. The van der Waals surface area contributed by atoms with Gasteiger partial charge in [0, 0.05) is 34.4 Å². The molecule has 2 aromatic heterocycles. The maximum atomic E-state index is 11.6. The van der Waals surface area contributed by atoms with Crippen LogP contribution in [0.4, 0.5) is 0 Å². The van der Waals surface area contributed by atoms with E-state index in [4.69, 9.17) is 14.6 Å². The van der Waals surface area contributed by atoms with Crippen LogP contribution in [0.25, 0.3) is 21.9 Å². The average molecular weight is 285 g/mol. The summed E-state index contributed by atoms with van der Waals surface area (Å²) in [7, 11) is 0. The molecule has 0 atom stereocenters. The van der Waals surface area contributed by atoms with Gasteiger partial charge in [-0.1, -0.05) is 6.92 Å². The molecule has 4 heteroatoms. The van der Waals surface area contributed by atoms with Crippen molar-refractivity contribution in [2.75, 3.05) is 6.54 Å². The zero-order valence-corrected chi connectivity index (χ0v) is 12.6. The van der Waals surface area contributed by atoms with E-state index >= 15 is 0 Å². The van der Waals surface area contributed by atoms with Gasteiger partial charge >= 0.3 is 5.63 Å². The fraction of sp³-hybridized carbons (Fsp3) is 0.353. The van der Waals surface area contributed by atoms with E-state index in [2.05, 4.69) is 13.0 Å². The molecule has 0 aliphatic heterocycles. The normalized spacial score (nSPS) is 11.6. The van der Waals surface area contributed by atoms with Crippen molar-refractivity contribution in [1.82, 2.24) is 0 Å². The van der Waals surface area contributed by atoms with Crippen molar-refractivity contribution in [2.24, 2.45) is 5.73 Å². The molecule has 1 aromatic carbocycles. The van der Waals surface area contributed by atoms with E-state index in [0.717, 1.165) is 46.1 Å². The highest BCUT2D eigenvalue weighted by Crippen LogP contribution is 2.34. The van der Waals surface area contributed by atoms with Gasteiger partial charge in [0.1, 0.15) is 16.9 Å². The Hall–Kier alpha value is -2.07. The van der Waals surface area contributed by atoms with Crippen LogP contribution >= 0.6 is 0 Å². The Morgan fingerprint density at radius 2 is 1.81 bits per heavy atom. The lowest BCUT2D eigenvalue weighted by atomic mass is 10.0. The van der Waals surface area contributed by atoms with E-state index in [1.54, 1.807) is 0 Å². The smallest absolute Gasteiger partial charge is 0.336 e. The van der Waals surface area contributed by atoms with Crippen LogP contribution in [-0.4, -0.2) is 6.54 Å². The fourth-order valence-corrected chi connectivity index (χ4v) is 3.00. The highest BCUT2D eigenvalue weighted by atomic mass is 16.4. The minimum atomic E-state index is -0.327. The third-order valence-corrected chi connectivity index (χ3v) is 4.03. The predicted octanol–water partition coefficient (Wildman–Crippen LogP) is 3.22. The number of hydrogen-bond acceptors (Lipinski definition) is 4. The minimum absolute atomic E-state index is 0.327. The lowest BCUT2D eigenvalue weighted by Crippen LogP contribution is -2.03. The Kier molecular flexibility index (Phi) is 3.33. The van der Waals surface area contributed by atoms with E-state index in [1.807, 2.05) is 13.8 Å². The third-order valence-electron chi connectivity index (χ3n) is 4.03. The Labute approximate surface area is 122 Å². The molecule has 3 aromatic rings. The Morgan fingerprint density at radius 1 is 1.10 bits per heavy atom. The van der Waals surface area contributed by atoms with Crippen molar-refractivity contribution in [3.8, 4) is 0 Å². The summed E-state index contributed by atoms with van der Waals surface area (Å²) in [5.41, 5.74) is 9.76. The van der Waals surface area contributed by atoms with Crippen LogP contribution in [-0.2, 0) is 12.8 Å². The van der Waals surface area contributed by atoms with E-state index in [0.29, 0.717) is 12.1 Å². The van der Waals surface area contributed by atoms with Crippen LogP contribution in [0.1, 0.15) is 29.4 Å². The lowest BCUT2D eigenvalue weighted by Gasteiger charge is -2.04. The van der Waals surface area contributed by atoms with E-state index in [1.165, 1.54) is 11.6 Å². The number of fused-ring (bicyclic) bond motifs is 2. The average Bonchev–Trinajstić information content (AvgIpc) is 2.79. The summed E-state index contributed by atoms with van der Waals surface area (Å²) in [6.07, 6.45) is 1.61. The van der Waals surface area contributed by atoms with E-state index in [-0.39, 0.29) is 5.63 Å². The molecule has 2 N–H and O–H groups in total. The molecule has 0 radical (unpaired) electrons. The first-order valence-electron chi connectivity index (χ1n) is 7.25. The third kappa shape index (κ3) is 2.07. The molecule has 0 aliphatic rings. The number of aryl methyl sites for hydroxylation is 3. The van der Waals surface area contributed by atoms with Crippen molar-refractivity contribution in [2.45, 2.75) is 33.6 Å². The van der Waals surface area contributed by atoms with Gasteiger partial charge in [-0.25, -0.2) is 4.79 Å². The second-order valence-corrected chi connectivity index (χ2v) is 5.40. The van der Waals surface area contributed by atoms with Gasteiger partial charge in [-0.15, -0.1) is 0 Å². The predicted molar refractivity (Wildman–Crippen MR) is 83.9 cm³/mol. The molecule has 21 heavy (non-hydrogen) atoms. The van der Waals surface area contributed by atoms with Gasteiger partial charge in [0.15, 0.2) is 0 Å². The zero-order chi connectivity index (χ0) is 15.1. The number of hydrogen-bond donors (Lipinski definition) is 1. The zero-order valence-electron chi connectivity index (χ0n) is 12.6.